The van der Waals surface area contributed by atoms with Crippen molar-refractivity contribution in [3.8, 4) is 0 Å². The average molecular weight is 441 g/mol. The second-order valence-corrected chi connectivity index (χ2v) is 8.24. The Balaban J connectivity index is 1.50. The van der Waals surface area contributed by atoms with Gasteiger partial charge in [-0.3, -0.25) is 19.3 Å². The summed E-state index contributed by atoms with van der Waals surface area (Å²) in [7, 11) is 0. The zero-order chi connectivity index (χ0) is 19.7. The summed E-state index contributed by atoms with van der Waals surface area (Å²) in [6, 6.07) is 14.4. The fourth-order valence-electron chi connectivity index (χ4n) is 4.20. The van der Waals surface area contributed by atoms with E-state index in [4.69, 9.17) is 0 Å². The van der Waals surface area contributed by atoms with Gasteiger partial charge in [0.25, 0.3) is 11.8 Å². The van der Waals surface area contributed by atoms with E-state index in [9.17, 15) is 14.4 Å². The summed E-state index contributed by atoms with van der Waals surface area (Å²) in [5.41, 5.74) is 1.65. The molecular formula is C22H21BrN2O3. The maximum absolute atomic E-state index is 13.0. The van der Waals surface area contributed by atoms with Gasteiger partial charge in [0.15, 0.2) is 0 Å². The van der Waals surface area contributed by atoms with Crippen molar-refractivity contribution in [2.45, 2.75) is 25.7 Å². The monoisotopic (exact) mass is 440 g/mol. The number of hydrogen-bond acceptors (Lipinski definition) is 3. The molecule has 0 saturated heterocycles. The third-order valence-corrected chi connectivity index (χ3v) is 6.36. The minimum Gasteiger partial charge on any atom is -0.325 e. The zero-order valence-electron chi connectivity index (χ0n) is 15.4. The van der Waals surface area contributed by atoms with Gasteiger partial charge in [-0.25, -0.2) is 0 Å². The van der Waals surface area contributed by atoms with Crippen LogP contribution < -0.4 is 5.32 Å². The summed E-state index contributed by atoms with van der Waals surface area (Å²) >= 11 is 3.45. The number of rotatable bonds is 4. The molecule has 144 valence electrons. The molecule has 5 nitrogen and oxygen atoms in total. The maximum atomic E-state index is 13.0. The van der Waals surface area contributed by atoms with Gasteiger partial charge in [-0.2, -0.15) is 0 Å². The molecule has 4 rings (SSSR count). The molecule has 3 amide bonds. The van der Waals surface area contributed by atoms with Crippen molar-refractivity contribution in [1.82, 2.24) is 4.90 Å². The van der Waals surface area contributed by atoms with Gasteiger partial charge in [-0.1, -0.05) is 37.1 Å². The fraction of sp³-hybridized carbons (Fsp3) is 0.318. The van der Waals surface area contributed by atoms with Crippen LogP contribution in [0.1, 0.15) is 46.4 Å². The number of anilines is 1. The summed E-state index contributed by atoms with van der Waals surface area (Å²) in [5.74, 6) is -0.802. The number of carbonyl (C=O) groups is 3. The molecule has 2 unspecified atom stereocenters. The SMILES string of the molecule is O=C(Nc1ccccc1Br)C1CCCCC1CN1C(=O)c2ccccc2C1=O. The highest BCUT2D eigenvalue weighted by atomic mass is 79.9. The number of nitrogens with zero attached hydrogens (tertiary/aromatic N) is 1. The van der Waals surface area contributed by atoms with Crippen molar-refractivity contribution in [2.75, 3.05) is 11.9 Å². The predicted molar refractivity (Wildman–Crippen MR) is 110 cm³/mol. The lowest BCUT2D eigenvalue weighted by molar-refractivity contribution is -0.122. The van der Waals surface area contributed by atoms with Crippen molar-refractivity contribution in [3.63, 3.8) is 0 Å². The van der Waals surface area contributed by atoms with Crippen LogP contribution in [0.2, 0.25) is 0 Å². The van der Waals surface area contributed by atoms with Crippen molar-refractivity contribution < 1.29 is 14.4 Å². The van der Waals surface area contributed by atoms with Gasteiger partial charge in [0.1, 0.15) is 0 Å². The van der Waals surface area contributed by atoms with Crippen LogP contribution in [0.5, 0.6) is 0 Å². The maximum Gasteiger partial charge on any atom is 0.261 e. The van der Waals surface area contributed by atoms with Gasteiger partial charge in [-0.15, -0.1) is 0 Å². The Morgan fingerprint density at radius 2 is 1.57 bits per heavy atom. The molecule has 0 aromatic heterocycles. The lowest BCUT2D eigenvalue weighted by atomic mass is 9.78. The number of hydrogen-bond donors (Lipinski definition) is 1. The van der Waals surface area contributed by atoms with Crippen LogP contribution in [-0.4, -0.2) is 29.2 Å². The molecular weight excluding hydrogens is 420 g/mol. The molecule has 2 aromatic rings. The smallest absolute Gasteiger partial charge is 0.261 e. The van der Waals surface area contributed by atoms with Gasteiger partial charge < -0.3 is 5.32 Å². The Bertz CT molecular complexity index is 908. The number of fused-ring (bicyclic) bond motifs is 1. The molecule has 0 spiro atoms. The number of carbonyl (C=O) groups excluding carboxylic acids is 3. The van der Waals surface area contributed by atoms with E-state index >= 15 is 0 Å². The summed E-state index contributed by atoms with van der Waals surface area (Å²) in [4.78, 5) is 39.7. The van der Waals surface area contributed by atoms with E-state index < -0.39 is 0 Å². The first-order valence-electron chi connectivity index (χ1n) is 9.57. The van der Waals surface area contributed by atoms with Crippen LogP contribution in [0, 0.1) is 11.8 Å². The lowest BCUT2D eigenvalue weighted by Gasteiger charge is -2.32. The molecule has 0 bridgehead atoms. The predicted octanol–water partition coefficient (Wildman–Crippen LogP) is 4.49. The van der Waals surface area contributed by atoms with Gasteiger partial charge in [0.05, 0.1) is 16.8 Å². The van der Waals surface area contributed by atoms with Crippen LogP contribution in [0.15, 0.2) is 53.0 Å². The molecule has 0 radical (unpaired) electrons. The second kappa shape index (κ2) is 7.87. The number of nitrogens with one attached hydrogen (secondary N) is 1. The first-order valence-corrected chi connectivity index (χ1v) is 10.4. The molecule has 1 saturated carbocycles. The van der Waals surface area contributed by atoms with E-state index in [2.05, 4.69) is 21.2 Å². The largest absolute Gasteiger partial charge is 0.325 e. The topological polar surface area (TPSA) is 66.5 Å². The third kappa shape index (κ3) is 3.49. The van der Waals surface area contributed by atoms with E-state index in [0.717, 1.165) is 35.8 Å². The van der Waals surface area contributed by atoms with Crippen molar-refractivity contribution in [3.05, 3.63) is 64.1 Å². The zero-order valence-corrected chi connectivity index (χ0v) is 16.9. The molecule has 1 aliphatic carbocycles. The second-order valence-electron chi connectivity index (χ2n) is 7.39. The normalized spacial score (nSPS) is 21.5. The Morgan fingerprint density at radius 3 is 2.25 bits per heavy atom. The van der Waals surface area contributed by atoms with Crippen LogP contribution in [0.4, 0.5) is 5.69 Å². The minimum absolute atomic E-state index is 0.0292. The highest BCUT2D eigenvalue weighted by molar-refractivity contribution is 9.10. The van der Waals surface area contributed by atoms with Gasteiger partial charge in [0.2, 0.25) is 5.91 Å². The van der Waals surface area contributed by atoms with E-state index in [1.807, 2.05) is 24.3 Å². The first-order chi connectivity index (χ1) is 13.6. The number of para-hydroxylation sites is 1. The highest BCUT2D eigenvalue weighted by Gasteiger charge is 2.40. The van der Waals surface area contributed by atoms with Gasteiger partial charge in [-0.05, 0) is 59.0 Å². The highest BCUT2D eigenvalue weighted by Crippen LogP contribution is 2.34. The summed E-state index contributed by atoms with van der Waals surface area (Å²) in [6.07, 6.45) is 3.59. The average Bonchev–Trinajstić information content (AvgIpc) is 2.95. The summed E-state index contributed by atoms with van der Waals surface area (Å²) < 4.78 is 0.830. The molecule has 2 aromatic carbocycles. The molecule has 1 N–H and O–H groups in total. The number of benzene rings is 2. The van der Waals surface area contributed by atoms with Gasteiger partial charge in [0, 0.05) is 16.9 Å². The van der Waals surface area contributed by atoms with Crippen molar-refractivity contribution in [2.24, 2.45) is 11.8 Å². The molecule has 1 aliphatic heterocycles. The van der Waals surface area contributed by atoms with Crippen LogP contribution in [0.25, 0.3) is 0 Å². The van der Waals surface area contributed by atoms with Gasteiger partial charge >= 0.3 is 0 Å². The molecule has 2 aliphatic rings. The molecule has 1 fully saturated rings. The molecule has 6 heteroatoms. The molecule has 2 atom stereocenters. The Kier molecular flexibility index (Phi) is 5.31. The van der Waals surface area contributed by atoms with Crippen LogP contribution in [0.3, 0.4) is 0 Å². The summed E-state index contributed by atoms with van der Waals surface area (Å²) in [5, 5.41) is 3.00. The molecule has 28 heavy (non-hydrogen) atoms. The number of halogens is 1. The quantitative estimate of drug-likeness (QED) is 0.712. The van der Waals surface area contributed by atoms with E-state index in [1.54, 1.807) is 24.3 Å². The number of imide groups is 1. The van der Waals surface area contributed by atoms with E-state index in [0.29, 0.717) is 17.7 Å². The van der Waals surface area contributed by atoms with E-state index in [-0.39, 0.29) is 29.6 Å². The first kappa shape index (κ1) is 18.9. The number of amides is 3. The van der Waals surface area contributed by atoms with E-state index in [1.165, 1.54) is 4.90 Å². The van der Waals surface area contributed by atoms with Crippen LogP contribution in [-0.2, 0) is 4.79 Å². The van der Waals surface area contributed by atoms with Crippen LogP contribution >= 0.6 is 15.9 Å². The Morgan fingerprint density at radius 1 is 0.964 bits per heavy atom. The van der Waals surface area contributed by atoms with Crippen molar-refractivity contribution >= 4 is 39.3 Å². The standard InChI is InChI=1S/C22H21BrN2O3/c23-18-11-5-6-12-19(18)24-20(26)15-8-2-1-7-14(15)13-25-21(27)16-9-3-4-10-17(16)22(25)28/h3-6,9-12,14-15H,1-2,7-8,13H2,(H,24,26). The third-order valence-electron chi connectivity index (χ3n) is 5.67. The fourth-order valence-corrected chi connectivity index (χ4v) is 4.58. The minimum atomic E-state index is -0.254. The molecule has 1 heterocycles. The van der Waals surface area contributed by atoms with Crippen molar-refractivity contribution in [1.29, 1.82) is 0 Å². The lowest BCUT2D eigenvalue weighted by Crippen LogP contribution is -2.41. The Hall–Kier alpha value is -2.47. The summed E-state index contributed by atoms with van der Waals surface area (Å²) in [6.45, 7) is 0.292. The Labute approximate surface area is 172 Å².